The van der Waals surface area contributed by atoms with E-state index in [0.717, 1.165) is 10.3 Å². The van der Waals surface area contributed by atoms with Gasteiger partial charge in [0, 0.05) is 0 Å². The van der Waals surface area contributed by atoms with E-state index in [9.17, 15) is 0 Å². The third-order valence-electron chi connectivity index (χ3n) is 0.880. The summed E-state index contributed by atoms with van der Waals surface area (Å²) in [5.41, 5.74) is 2.51. The van der Waals surface area contributed by atoms with Crippen LogP contribution in [0, 0.1) is 6.20 Å². The summed E-state index contributed by atoms with van der Waals surface area (Å²) in [7, 11) is 0. The summed E-state index contributed by atoms with van der Waals surface area (Å²) in [5, 5.41) is 6.39. The number of aromatic nitrogens is 3. The highest BCUT2D eigenvalue weighted by Gasteiger charge is 1.94. The van der Waals surface area contributed by atoms with E-state index in [1.54, 1.807) is 5.51 Å². The van der Waals surface area contributed by atoms with Gasteiger partial charge in [-0.2, -0.15) is 5.10 Å². The van der Waals surface area contributed by atoms with E-state index in [-0.39, 0.29) is 0 Å². The molecule has 2 aromatic heterocycles. The SMILES string of the molecule is [c]1[nH]nc2ncsc12. The van der Waals surface area contributed by atoms with Crippen molar-refractivity contribution in [1.29, 1.82) is 0 Å². The maximum atomic E-state index is 3.92. The summed E-state index contributed by atoms with van der Waals surface area (Å²) >= 11 is 1.53. The molecule has 0 spiro atoms. The third-order valence-corrected chi connectivity index (χ3v) is 1.61. The fourth-order valence-corrected chi connectivity index (χ4v) is 1.10. The molecule has 2 aromatic rings. The second-order valence-electron chi connectivity index (χ2n) is 1.35. The van der Waals surface area contributed by atoms with Gasteiger partial charge in [0.15, 0.2) is 5.65 Å². The van der Waals surface area contributed by atoms with E-state index in [0.29, 0.717) is 0 Å². The molecule has 1 N–H and O–H groups in total. The molecule has 0 saturated carbocycles. The Morgan fingerprint density at radius 3 is 3.62 bits per heavy atom. The fraction of sp³-hybridized carbons (Fsp3) is 0. The van der Waals surface area contributed by atoms with Gasteiger partial charge in [-0.05, 0) is 0 Å². The van der Waals surface area contributed by atoms with Crippen molar-refractivity contribution in [3.05, 3.63) is 11.7 Å². The average Bonchev–Trinajstić information content (AvgIpc) is 2.15. The van der Waals surface area contributed by atoms with E-state index in [4.69, 9.17) is 0 Å². The van der Waals surface area contributed by atoms with Gasteiger partial charge < -0.3 is 0 Å². The average molecular weight is 124 g/mol. The fourth-order valence-electron chi connectivity index (χ4n) is 0.537. The van der Waals surface area contributed by atoms with E-state index in [1.165, 1.54) is 11.3 Å². The molecule has 0 aliphatic heterocycles. The number of nitrogens with one attached hydrogen (secondary N) is 1. The lowest BCUT2D eigenvalue weighted by atomic mass is 10.7. The van der Waals surface area contributed by atoms with Gasteiger partial charge in [-0.3, -0.25) is 5.10 Å². The molecule has 0 amide bonds. The lowest BCUT2D eigenvalue weighted by Gasteiger charge is -1.60. The Bertz CT molecular complexity index is 233. The molecule has 0 fully saturated rings. The Hall–Kier alpha value is -0.900. The topological polar surface area (TPSA) is 41.6 Å². The van der Waals surface area contributed by atoms with Gasteiger partial charge >= 0.3 is 0 Å². The Kier molecular flexibility index (Phi) is 0.648. The van der Waals surface area contributed by atoms with Crippen molar-refractivity contribution in [2.24, 2.45) is 0 Å². The van der Waals surface area contributed by atoms with Crippen LogP contribution in [-0.2, 0) is 0 Å². The smallest absolute Gasteiger partial charge is 0.192 e. The maximum absolute atomic E-state index is 3.92. The second-order valence-corrected chi connectivity index (χ2v) is 2.21. The van der Waals surface area contributed by atoms with Crippen LogP contribution in [0.5, 0.6) is 0 Å². The molecule has 4 heteroatoms. The van der Waals surface area contributed by atoms with Gasteiger partial charge in [0.1, 0.15) is 10.9 Å². The van der Waals surface area contributed by atoms with Crippen LogP contribution in [0.25, 0.3) is 10.3 Å². The minimum Gasteiger partial charge on any atom is -0.273 e. The molecule has 0 bridgehead atoms. The second kappa shape index (κ2) is 1.29. The van der Waals surface area contributed by atoms with Crippen molar-refractivity contribution < 1.29 is 0 Å². The molecule has 0 atom stereocenters. The largest absolute Gasteiger partial charge is 0.273 e. The van der Waals surface area contributed by atoms with Gasteiger partial charge in [-0.25, -0.2) is 4.98 Å². The van der Waals surface area contributed by atoms with Crippen LogP contribution >= 0.6 is 11.3 Å². The van der Waals surface area contributed by atoms with Crippen molar-refractivity contribution in [1.82, 2.24) is 15.2 Å². The van der Waals surface area contributed by atoms with E-state index in [1.807, 2.05) is 0 Å². The Labute approximate surface area is 49.4 Å². The first-order valence-corrected chi connectivity index (χ1v) is 3.00. The molecule has 0 saturated heterocycles. The van der Waals surface area contributed by atoms with Crippen molar-refractivity contribution >= 4 is 21.7 Å². The molecule has 2 heterocycles. The van der Waals surface area contributed by atoms with Crippen LogP contribution in [0.1, 0.15) is 0 Å². The quantitative estimate of drug-likeness (QED) is 0.565. The first kappa shape index (κ1) is 4.03. The van der Waals surface area contributed by atoms with E-state index >= 15 is 0 Å². The predicted molar refractivity (Wildman–Crippen MR) is 30.6 cm³/mol. The molecule has 1 radical (unpaired) electrons. The van der Waals surface area contributed by atoms with Gasteiger partial charge in [-0.1, -0.05) is 0 Å². The van der Waals surface area contributed by atoms with E-state index < -0.39 is 0 Å². The van der Waals surface area contributed by atoms with Gasteiger partial charge in [-0.15, -0.1) is 11.3 Å². The number of rotatable bonds is 0. The maximum Gasteiger partial charge on any atom is 0.192 e. The van der Waals surface area contributed by atoms with Gasteiger partial charge in [0.05, 0.1) is 5.51 Å². The summed E-state index contributed by atoms with van der Waals surface area (Å²) < 4.78 is 0.991. The Morgan fingerprint density at radius 1 is 1.75 bits per heavy atom. The number of hydrogen-bond donors (Lipinski definition) is 1. The molecular weight excluding hydrogens is 122 g/mol. The monoisotopic (exact) mass is 124 g/mol. The number of fused-ring (bicyclic) bond motifs is 1. The van der Waals surface area contributed by atoms with Gasteiger partial charge in [0.25, 0.3) is 0 Å². The van der Waals surface area contributed by atoms with Crippen molar-refractivity contribution in [3.8, 4) is 0 Å². The molecule has 0 unspecified atom stereocenters. The lowest BCUT2D eigenvalue weighted by Crippen LogP contribution is -1.64. The molecule has 8 heavy (non-hydrogen) atoms. The van der Waals surface area contributed by atoms with Crippen LogP contribution < -0.4 is 0 Å². The van der Waals surface area contributed by atoms with Crippen LogP contribution in [0.3, 0.4) is 0 Å². The summed E-state index contributed by atoms with van der Waals surface area (Å²) in [6.45, 7) is 0. The minimum atomic E-state index is 0.759. The molecule has 0 aliphatic rings. The Morgan fingerprint density at radius 2 is 2.75 bits per heavy atom. The normalized spacial score (nSPS) is 10.5. The third kappa shape index (κ3) is 0.376. The molecule has 2 rings (SSSR count). The summed E-state index contributed by atoms with van der Waals surface area (Å²) in [6.07, 6.45) is 2.82. The molecule has 0 aliphatic carbocycles. The minimum absolute atomic E-state index is 0.759. The summed E-state index contributed by atoms with van der Waals surface area (Å²) in [6, 6.07) is 0. The molecule has 0 aromatic carbocycles. The zero-order valence-corrected chi connectivity index (χ0v) is 4.70. The predicted octanol–water partition coefficient (Wildman–Crippen LogP) is 0.820. The van der Waals surface area contributed by atoms with Crippen LogP contribution in [0.4, 0.5) is 0 Å². The number of aromatic amines is 1. The zero-order valence-electron chi connectivity index (χ0n) is 3.88. The highest BCUT2D eigenvalue weighted by atomic mass is 32.1. The highest BCUT2D eigenvalue weighted by molar-refractivity contribution is 7.16. The summed E-state index contributed by atoms with van der Waals surface area (Å²) in [5.74, 6) is 0. The van der Waals surface area contributed by atoms with E-state index in [2.05, 4.69) is 21.4 Å². The molecular formula is C4H2N3S. The first-order valence-electron chi connectivity index (χ1n) is 2.12. The van der Waals surface area contributed by atoms with Crippen molar-refractivity contribution in [2.75, 3.05) is 0 Å². The summed E-state index contributed by atoms with van der Waals surface area (Å²) in [4.78, 5) is 3.92. The lowest BCUT2D eigenvalue weighted by molar-refractivity contribution is 1.09. The Balaban J connectivity index is 3.06. The van der Waals surface area contributed by atoms with Crippen LogP contribution in [-0.4, -0.2) is 15.2 Å². The highest BCUT2D eigenvalue weighted by Crippen LogP contribution is 2.11. The number of nitrogens with zero attached hydrogens (tertiary/aromatic N) is 2. The van der Waals surface area contributed by atoms with Crippen molar-refractivity contribution in [3.63, 3.8) is 0 Å². The number of hydrogen-bond acceptors (Lipinski definition) is 3. The molecule has 39 valence electrons. The number of H-pyrrole nitrogens is 1. The van der Waals surface area contributed by atoms with Gasteiger partial charge in [0.2, 0.25) is 0 Å². The molecule has 3 nitrogen and oxygen atoms in total. The van der Waals surface area contributed by atoms with Crippen LogP contribution in [0.15, 0.2) is 5.51 Å². The number of thiazole rings is 1. The first-order chi connectivity index (χ1) is 3.97. The van der Waals surface area contributed by atoms with Crippen LogP contribution in [0.2, 0.25) is 0 Å². The zero-order chi connectivity index (χ0) is 5.40. The van der Waals surface area contributed by atoms with Crippen molar-refractivity contribution in [2.45, 2.75) is 0 Å². The standard InChI is InChI=1S/C4H2N3S/c1-3-4(7-6-1)5-2-8-3/h2H,(H,6,7).